The highest BCUT2D eigenvalue weighted by Crippen LogP contribution is 2.27. The number of anilines is 1. The minimum absolute atomic E-state index is 0.0470. The van der Waals surface area contributed by atoms with E-state index in [1.165, 1.54) is 16.9 Å². The molecule has 0 fully saturated rings. The Balaban J connectivity index is 2.00. The Morgan fingerprint density at radius 1 is 1.52 bits per heavy atom. The van der Waals surface area contributed by atoms with Gasteiger partial charge in [0.1, 0.15) is 5.69 Å². The summed E-state index contributed by atoms with van der Waals surface area (Å²) in [7, 11) is 0. The number of nitro groups is 1. The first-order valence-electron chi connectivity index (χ1n) is 5.78. The van der Waals surface area contributed by atoms with Gasteiger partial charge < -0.3 is 10.4 Å². The van der Waals surface area contributed by atoms with Gasteiger partial charge in [-0.05, 0) is 12.1 Å². The number of halogens is 1. The lowest BCUT2D eigenvalue weighted by molar-refractivity contribution is -0.384. The van der Waals surface area contributed by atoms with Crippen molar-refractivity contribution < 1.29 is 14.8 Å². The fourth-order valence-corrected chi connectivity index (χ4v) is 1.97. The minimum Gasteiger partial charge on any atom is -0.476 e. The number of hydrogen-bond acceptors (Lipinski definition) is 6. The summed E-state index contributed by atoms with van der Waals surface area (Å²) in [6.45, 7) is 0.665. The maximum atomic E-state index is 10.9. The van der Waals surface area contributed by atoms with Crippen molar-refractivity contribution in [1.82, 2.24) is 15.0 Å². The fourth-order valence-electron chi connectivity index (χ4n) is 1.62. The summed E-state index contributed by atoms with van der Waals surface area (Å²) in [5.74, 6) is -1.15. The van der Waals surface area contributed by atoms with Crippen LogP contribution in [0.1, 0.15) is 10.5 Å². The number of hydrogen-bond donors (Lipinski definition) is 2. The van der Waals surface area contributed by atoms with E-state index in [1.807, 2.05) is 0 Å². The Labute approximate surface area is 126 Å². The Bertz CT molecular complexity index is 687. The molecule has 0 aliphatic carbocycles. The quantitative estimate of drug-likeness (QED) is 0.597. The summed E-state index contributed by atoms with van der Waals surface area (Å²) in [5.41, 5.74) is 0.181. The molecule has 0 spiro atoms. The summed E-state index contributed by atoms with van der Waals surface area (Å²) in [5, 5.41) is 29.7. The lowest BCUT2D eigenvalue weighted by Crippen LogP contribution is -2.12. The van der Waals surface area contributed by atoms with E-state index in [4.69, 9.17) is 5.11 Å². The first-order chi connectivity index (χ1) is 9.97. The standard InChI is InChI=1S/C11H10BrN5O4/c12-7-1-2-8(10(5-7)17(20)21)13-3-4-16-6-9(11(18)19)14-15-16/h1-2,5-6,13H,3-4H2,(H,18,19). The fraction of sp³-hybridized carbons (Fsp3) is 0.182. The largest absolute Gasteiger partial charge is 0.476 e. The number of rotatable bonds is 6. The number of carboxylic acid groups (broad SMARTS) is 1. The molecule has 21 heavy (non-hydrogen) atoms. The van der Waals surface area contributed by atoms with Crippen molar-refractivity contribution >= 4 is 33.3 Å². The highest BCUT2D eigenvalue weighted by Gasteiger charge is 2.14. The van der Waals surface area contributed by atoms with E-state index in [0.717, 1.165) is 0 Å². The van der Waals surface area contributed by atoms with Crippen LogP contribution >= 0.6 is 15.9 Å². The third-order valence-corrected chi connectivity index (χ3v) is 3.06. The van der Waals surface area contributed by atoms with Gasteiger partial charge in [-0.2, -0.15) is 0 Å². The molecule has 110 valence electrons. The zero-order valence-corrected chi connectivity index (χ0v) is 12.1. The van der Waals surface area contributed by atoms with E-state index < -0.39 is 10.9 Å². The predicted octanol–water partition coefficient (Wildman–Crippen LogP) is 1.76. The van der Waals surface area contributed by atoms with Gasteiger partial charge >= 0.3 is 5.97 Å². The van der Waals surface area contributed by atoms with E-state index in [2.05, 4.69) is 31.6 Å². The van der Waals surface area contributed by atoms with Crippen molar-refractivity contribution in [2.24, 2.45) is 0 Å². The van der Waals surface area contributed by atoms with Crippen LogP contribution in [0.15, 0.2) is 28.9 Å². The maximum Gasteiger partial charge on any atom is 0.358 e. The highest BCUT2D eigenvalue weighted by atomic mass is 79.9. The molecule has 0 amide bonds. The molecular formula is C11H10BrN5O4. The van der Waals surface area contributed by atoms with Gasteiger partial charge in [0, 0.05) is 17.1 Å². The average molecular weight is 356 g/mol. The summed E-state index contributed by atoms with van der Waals surface area (Å²) in [6.07, 6.45) is 1.29. The Morgan fingerprint density at radius 3 is 2.90 bits per heavy atom. The average Bonchev–Trinajstić information content (AvgIpc) is 2.89. The SMILES string of the molecule is O=C(O)c1cn(CCNc2ccc(Br)cc2[N+](=O)[O-])nn1. The Morgan fingerprint density at radius 2 is 2.29 bits per heavy atom. The number of aromatic carboxylic acids is 1. The molecule has 0 atom stereocenters. The normalized spacial score (nSPS) is 10.3. The zero-order valence-electron chi connectivity index (χ0n) is 10.6. The van der Waals surface area contributed by atoms with Gasteiger partial charge in [-0.15, -0.1) is 5.10 Å². The van der Waals surface area contributed by atoms with Crippen LogP contribution < -0.4 is 5.32 Å². The molecule has 1 aromatic heterocycles. The smallest absolute Gasteiger partial charge is 0.358 e. The van der Waals surface area contributed by atoms with Crippen molar-refractivity contribution in [2.75, 3.05) is 11.9 Å². The second-order valence-corrected chi connectivity index (χ2v) is 4.93. The third kappa shape index (κ3) is 3.75. The van der Waals surface area contributed by atoms with Gasteiger partial charge in [-0.3, -0.25) is 10.1 Å². The molecule has 0 saturated carbocycles. The molecule has 0 aliphatic rings. The number of nitrogens with zero attached hydrogens (tertiary/aromatic N) is 4. The van der Waals surface area contributed by atoms with Gasteiger partial charge in [-0.25, -0.2) is 9.48 Å². The number of nitrogens with one attached hydrogen (secondary N) is 1. The predicted molar refractivity (Wildman–Crippen MR) is 76.3 cm³/mol. The van der Waals surface area contributed by atoms with Gasteiger partial charge in [-0.1, -0.05) is 21.1 Å². The molecule has 10 heteroatoms. The Kier molecular flexibility index (Phi) is 4.48. The van der Waals surface area contributed by atoms with Crippen LogP contribution in [0.4, 0.5) is 11.4 Å². The van der Waals surface area contributed by atoms with E-state index in [1.54, 1.807) is 12.1 Å². The molecule has 0 bridgehead atoms. The summed E-state index contributed by atoms with van der Waals surface area (Å²) in [4.78, 5) is 21.1. The lowest BCUT2D eigenvalue weighted by Gasteiger charge is -2.07. The van der Waals surface area contributed by atoms with Gasteiger partial charge in [0.05, 0.1) is 17.7 Å². The first kappa shape index (κ1) is 14.9. The molecule has 0 aliphatic heterocycles. The lowest BCUT2D eigenvalue weighted by atomic mass is 10.2. The molecule has 0 saturated heterocycles. The van der Waals surface area contributed by atoms with Crippen molar-refractivity contribution in [3.05, 3.63) is 44.7 Å². The van der Waals surface area contributed by atoms with Crippen molar-refractivity contribution in [3.63, 3.8) is 0 Å². The molecular weight excluding hydrogens is 346 g/mol. The molecule has 0 unspecified atom stereocenters. The topological polar surface area (TPSA) is 123 Å². The number of carboxylic acids is 1. The number of aromatic nitrogens is 3. The number of nitro benzene ring substituents is 1. The van der Waals surface area contributed by atoms with Crippen molar-refractivity contribution in [3.8, 4) is 0 Å². The van der Waals surface area contributed by atoms with Gasteiger partial charge in [0.2, 0.25) is 0 Å². The van der Waals surface area contributed by atoms with Crippen LogP contribution in [0, 0.1) is 10.1 Å². The van der Waals surface area contributed by atoms with Crippen LogP contribution in [-0.4, -0.2) is 37.5 Å². The van der Waals surface area contributed by atoms with Gasteiger partial charge in [0.15, 0.2) is 5.69 Å². The van der Waals surface area contributed by atoms with Gasteiger partial charge in [0.25, 0.3) is 5.69 Å². The molecule has 2 aromatic rings. The number of carbonyl (C=O) groups is 1. The second-order valence-electron chi connectivity index (χ2n) is 4.02. The first-order valence-corrected chi connectivity index (χ1v) is 6.58. The van der Waals surface area contributed by atoms with Crippen LogP contribution in [0.5, 0.6) is 0 Å². The molecule has 9 nitrogen and oxygen atoms in total. The maximum absolute atomic E-state index is 10.9. The van der Waals surface area contributed by atoms with E-state index in [9.17, 15) is 14.9 Å². The Hall–Kier alpha value is -2.49. The zero-order chi connectivity index (χ0) is 15.4. The van der Waals surface area contributed by atoms with Crippen molar-refractivity contribution in [2.45, 2.75) is 6.54 Å². The van der Waals surface area contributed by atoms with Crippen LogP contribution in [-0.2, 0) is 6.54 Å². The van der Waals surface area contributed by atoms with Crippen LogP contribution in [0.2, 0.25) is 0 Å². The van der Waals surface area contributed by atoms with E-state index >= 15 is 0 Å². The van der Waals surface area contributed by atoms with Crippen molar-refractivity contribution in [1.29, 1.82) is 0 Å². The molecule has 1 aromatic carbocycles. The van der Waals surface area contributed by atoms with Crippen LogP contribution in [0.3, 0.4) is 0 Å². The number of benzene rings is 1. The third-order valence-electron chi connectivity index (χ3n) is 2.57. The van der Waals surface area contributed by atoms with Crippen LogP contribution in [0.25, 0.3) is 0 Å². The molecule has 0 radical (unpaired) electrons. The summed E-state index contributed by atoms with van der Waals surface area (Å²) >= 11 is 3.18. The van der Waals surface area contributed by atoms with E-state index in [-0.39, 0.29) is 11.4 Å². The minimum atomic E-state index is -1.15. The monoisotopic (exact) mass is 355 g/mol. The second kappa shape index (κ2) is 6.31. The summed E-state index contributed by atoms with van der Waals surface area (Å²) < 4.78 is 1.96. The van der Waals surface area contributed by atoms with E-state index in [0.29, 0.717) is 23.2 Å². The molecule has 2 N–H and O–H groups in total. The molecule has 1 heterocycles. The highest BCUT2D eigenvalue weighted by molar-refractivity contribution is 9.10. The summed E-state index contributed by atoms with van der Waals surface area (Å²) in [6, 6.07) is 4.68. The molecule has 2 rings (SSSR count).